The fourth-order valence-corrected chi connectivity index (χ4v) is 3.37. The Hall–Kier alpha value is -1.93. The molecule has 0 atom stereocenters. The zero-order valence-corrected chi connectivity index (χ0v) is 12.4. The van der Waals surface area contributed by atoms with Gasteiger partial charge in [-0.3, -0.25) is 9.59 Å². The first-order valence-corrected chi connectivity index (χ1v) is 7.94. The van der Waals surface area contributed by atoms with E-state index in [2.05, 4.69) is 10.6 Å². The summed E-state index contributed by atoms with van der Waals surface area (Å²) in [5, 5.41) is 5.22. The molecule has 1 aromatic carbocycles. The molecule has 0 aliphatic carbocycles. The summed E-state index contributed by atoms with van der Waals surface area (Å²) >= 11 is 0. The molecule has 0 saturated carbocycles. The van der Waals surface area contributed by atoms with E-state index in [1.807, 2.05) is 0 Å². The number of hydrogen-bond donors (Lipinski definition) is 2. The molecular weight excluding hydrogens is 294 g/mol. The largest absolute Gasteiger partial charge is 0.354 e. The van der Waals surface area contributed by atoms with Gasteiger partial charge < -0.3 is 10.6 Å². The van der Waals surface area contributed by atoms with Gasteiger partial charge in [-0.1, -0.05) is 12.1 Å². The molecule has 0 bridgehead atoms. The first-order chi connectivity index (χ1) is 9.89. The Kier molecular flexibility index (Phi) is 4.59. The van der Waals surface area contributed by atoms with Gasteiger partial charge in [-0.15, -0.1) is 0 Å². The van der Waals surface area contributed by atoms with Gasteiger partial charge in [0.1, 0.15) is 0 Å². The maximum absolute atomic E-state index is 12.4. The molecule has 0 spiro atoms. The van der Waals surface area contributed by atoms with E-state index in [9.17, 15) is 18.0 Å². The molecule has 7 nitrogen and oxygen atoms in total. The highest BCUT2D eigenvalue weighted by Gasteiger charge is 2.28. The maximum atomic E-state index is 12.4. The highest BCUT2D eigenvalue weighted by atomic mass is 32.2. The van der Waals surface area contributed by atoms with E-state index in [1.165, 1.54) is 19.1 Å². The van der Waals surface area contributed by atoms with Crippen LogP contribution in [0.4, 0.5) is 0 Å². The molecule has 1 aromatic rings. The van der Waals surface area contributed by atoms with Gasteiger partial charge in [-0.2, -0.15) is 4.31 Å². The molecule has 2 amide bonds. The Bertz CT molecular complexity index is 640. The number of rotatable bonds is 4. The van der Waals surface area contributed by atoms with Crippen LogP contribution in [0.5, 0.6) is 0 Å². The van der Waals surface area contributed by atoms with E-state index >= 15 is 0 Å². The van der Waals surface area contributed by atoms with Crippen LogP contribution >= 0.6 is 0 Å². The SMILES string of the molecule is CC(=O)NCc1ccc(S(=O)(=O)N2CCNC(=O)C2)cc1. The summed E-state index contributed by atoms with van der Waals surface area (Å²) in [6.07, 6.45) is 0. The van der Waals surface area contributed by atoms with Crippen molar-refractivity contribution >= 4 is 21.8 Å². The highest BCUT2D eigenvalue weighted by molar-refractivity contribution is 7.89. The second-order valence-electron chi connectivity index (χ2n) is 4.74. The minimum Gasteiger partial charge on any atom is -0.354 e. The summed E-state index contributed by atoms with van der Waals surface area (Å²) in [5.41, 5.74) is 0.806. The van der Waals surface area contributed by atoms with E-state index in [-0.39, 0.29) is 29.8 Å². The predicted octanol–water partition coefficient (Wildman–Crippen LogP) is -0.557. The topological polar surface area (TPSA) is 95.6 Å². The predicted molar refractivity (Wildman–Crippen MR) is 75.7 cm³/mol. The fourth-order valence-electron chi connectivity index (χ4n) is 1.98. The van der Waals surface area contributed by atoms with Crippen molar-refractivity contribution in [2.75, 3.05) is 19.6 Å². The lowest BCUT2D eigenvalue weighted by molar-refractivity contribution is -0.122. The normalized spacial score (nSPS) is 16.3. The number of carbonyl (C=O) groups excluding carboxylic acids is 2. The third-order valence-electron chi connectivity index (χ3n) is 3.11. The standard InChI is InChI=1S/C13H17N3O4S/c1-10(17)15-8-11-2-4-12(5-3-11)21(19,20)16-7-6-14-13(18)9-16/h2-5H,6-9H2,1H3,(H,14,18)(H,15,17). The number of piperazine rings is 1. The number of sulfonamides is 1. The molecule has 2 N–H and O–H groups in total. The van der Waals surface area contributed by atoms with Gasteiger partial charge >= 0.3 is 0 Å². The third kappa shape index (κ3) is 3.79. The second kappa shape index (κ2) is 6.23. The summed E-state index contributed by atoms with van der Waals surface area (Å²) in [4.78, 5) is 22.3. The first-order valence-electron chi connectivity index (χ1n) is 6.50. The van der Waals surface area contributed by atoms with Gasteiger partial charge in [-0.05, 0) is 17.7 Å². The van der Waals surface area contributed by atoms with E-state index in [1.54, 1.807) is 12.1 Å². The number of carbonyl (C=O) groups is 2. The lowest BCUT2D eigenvalue weighted by atomic mass is 10.2. The molecule has 1 heterocycles. The Morgan fingerprint density at radius 3 is 2.57 bits per heavy atom. The lowest BCUT2D eigenvalue weighted by Gasteiger charge is -2.25. The van der Waals surface area contributed by atoms with Crippen molar-refractivity contribution in [3.05, 3.63) is 29.8 Å². The van der Waals surface area contributed by atoms with Crippen LogP contribution in [0.3, 0.4) is 0 Å². The molecule has 0 aromatic heterocycles. The molecule has 1 aliphatic rings. The first kappa shape index (κ1) is 15.5. The molecule has 8 heteroatoms. The quantitative estimate of drug-likeness (QED) is 0.779. The molecule has 1 saturated heterocycles. The van der Waals surface area contributed by atoms with Gasteiger partial charge in [0.05, 0.1) is 11.4 Å². The summed E-state index contributed by atoms with van der Waals surface area (Å²) < 4.78 is 25.9. The minimum atomic E-state index is -3.66. The van der Waals surface area contributed by atoms with Crippen molar-refractivity contribution < 1.29 is 18.0 Å². The van der Waals surface area contributed by atoms with Gasteiger partial charge in [0, 0.05) is 26.6 Å². The molecule has 0 unspecified atom stereocenters. The van der Waals surface area contributed by atoms with Crippen molar-refractivity contribution in [2.45, 2.75) is 18.4 Å². The van der Waals surface area contributed by atoms with E-state index in [0.29, 0.717) is 13.1 Å². The van der Waals surface area contributed by atoms with E-state index < -0.39 is 10.0 Å². The smallest absolute Gasteiger partial charge is 0.243 e. The van der Waals surface area contributed by atoms with Gasteiger partial charge in [0.15, 0.2) is 0 Å². The molecule has 21 heavy (non-hydrogen) atoms. The number of nitrogens with one attached hydrogen (secondary N) is 2. The van der Waals surface area contributed by atoms with Crippen LogP contribution in [-0.2, 0) is 26.2 Å². The summed E-state index contributed by atoms with van der Waals surface area (Å²) in [6, 6.07) is 6.26. The fraction of sp³-hybridized carbons (Fsp3) is 0.385. The van der Waals surface area contributed by atoms with Crippen molar-refractivity contribution in [3.63, 3.8) is 0 Å². The van der Waals surface area contributed by atoms with Crippen LogP contribution in [0.25, 0.3) is 0 Å². The number of amides is 2. The molecule has 1 aliphatic heterocycles. The summed E-state index contributed by atoms with van der Waals surface area (Å²) in [5.74, 6) is -0.446. The van der Waals surface area contributed by atoms with Gasteiger partial charge in [0.25, 0.3) is 0 Å². The number of nitrogens with zero attached hydrogens (tertiary/aromatic N) is 1. The van der Waals surface area contributed by atoms with Crippen molar-refractivity contribution in [3.8, 4) is 0 Å². The van der Waals surface area contributed by atoms with E-state index in [0.717, 1.165) is 9.87 Å². The Morgan fingerprint density at radius 1 is 1.33 bits per heavy atom. The van der Waals surface area contributed by atoms with Crippen LogP contribution in [0.15, 0.2) is 29.2 Å². The average Bonchev–Trinajstić information content (AvgIpc) is 2.45. The maximum Gasteiger partial charge on any atom is 0.243 e. The highest BCUT2D eigenvalue weighted by Crippen LogP contribution is 2.17. The average molecular weight is 311 g/mol. The van der Waals surface area contributed by atoms with Gasteiger partial charge in [-0.25, -0.2) is 8.42 Å². The summed E-state index contributed by atoms with van der Waals surface area (Å²) in [7, 11) is -3.66. The second-order valence-corrected chi connectivity index (χ2v) is 6.68. The van der Waals surface area contributed by atoms with E-state index in [4.69, 9.17) is 0 Å². The molecule has 2 rings (SSSR count). The van der Waals surface area contributed by atoms with Crippen LogP contribution < -0.4 is 10.6 Å². The van der Waals surface area contributed by atoms with Crippen LogP contribution in [0, 0.1) is 0 Å². The Morgan fingerprint density at radius 2 is 2.00 bits per heavy atom. The Labute approximate surface area is 123 Å². The molecule has 1 fully saturated rings. The zero-order chi connectivity index (χ0) is 15.5. The minimum absolute atomic E-state index is 0.142. The molecular formula is C13H17N3O4S. The van der Waals surface area contributed by atoms with Crippen LogP contribution in [0.1, 0.15) is 12.5 Å². The summed E-state index contributed by atoms with van der Waals surface area (Å²) in [6.45, 7) is 2.19. The third-order valence-corrected chi connectivity index (χ3v) is 4.97. The monoisotopic (exact) mass is 311 g/mol. The van der Waals surface area contributed by atoms with Crippen molar-refractivity contribution in [2.24, 2.45) is 0 Å². The number of benzene rings is 1. The number of hydrogen-bond acceptors (Lipinski definition) is 4. The van der Waals surface area contributed by atoms with Crippen molar-refractivity contribution in [1.82, 2.24) is 14.9 Å². The zero-order valence-electron chi connectivity index (χ0n) is 11.6. The molecule has 0 radical (unpaired) electrons. The van der Waals surface area contributed by atoms with Crippen LogP contribution in [0.2, 0.25) is 0 Å². The van der Waals surface area contributed by atoms with Crippen molar-refractivity contribution in [1.29, 1.82) is 0 Å². The van der Waals surface area contributed by atoms with Crippen LogP contribution in [-0.4, -0.2) is 44.2 Å². The molecule has 114 valence electrons. The lowest BCUT2D eigenvalue weighted by Crippen LogP contribution is -2.49. The van der Waals surface area contributed by atoms with Gasteiger partial charge in [0.2, 0.25) is 21.8 Å². The Balaban J connectivity index is 2.13.